The van der Waals surface area contributed by atoms with Crippen molar-refractivity contribution in [1.82, 2.24) is 30.0 Å². The molecule has 4 aromatic rings. The molecule has 4 heterocycles. The maximum Gasteiger partial charge on any atom is 0.252 e. The van der Waals surface area contributed by atoms with Crippen LogP contribution in [0.2, 0.25) is 0 Å². The normalized spacial score (nSPS) is 12.6. The number of carbonyl (C=O) groups is 1. The van der Waals surface area contributed by atoms with E-state index in [9.17, 15) is 4.79 Å². The summed E-state index contributed by atoms with van der Waals surface area (Å²) in [5, 5.41) is 8.38. The molecule has 7 heteroatoms. The average Bonchev–Trinajstić information content (AvgIpc) is 3.16. The van der Waals surface area contributed by atoms with Crippen molar-refractivity contribution in [2.45, 2.75) is 40.3 Å². The summed E-state index contributed by atoms with van der Waals surface area (Å²) in [4.78, 5) is 26.5. The first-order valence-electron chi connectivity index (χ1n) is 10.3. The van der Waals surface area contributed by atoms with Crippen molar-refractivity contribution in [2.75, 3.05) is 0 Å². The van der Waals surface area contributed by atoms with Crippen molar-refractivity contribution in [3.63, 3.8) is 0 Å². The molecule has 0 aliphatic rings. The third-order valence-electron chi connectivity index (χ3n) is 5.51. The zero-order valence-corrected chi connectivity index (χ0v) is 18.2. The quantitative estimate of drug-likeness (QED) is 0.531. The van der Waals surface area contributed by atoms with Crippen molar-refractivity contribution in [1.29, 1.82) is 0 Å². The molecule has 31 heavy (non-hydrogen) atoms. The van der Waals surface area contributed by atoms with Gasteiger partial charge in [0, 0.05) is 36.4 Å². The van der Waals surface area contributed by atoms with Crippen LogP contribution >= 0.6 is 0 Å². The molecule has 4 aromatic heterocycles. The van der Waals surface area contributed by atoms with Crippen LogP contribution in [-0.4, -0.2) is 36.7 Å². The van der Waals surface area contributed by atoms with Gasteiger partial charge in [0.05, 0.1) is 29.4 Å². The number of carbonyl (C=O) groups excluding carboxylic acids is 1. The monoisotopic (exact) mass is 414 g/mol. The van der Waals surface area contributed by atoms with E-state index in [0.29, 0.717) is 23.4 Å². The lowest BCUT2D eigenvalue weighted by Crippen LogP contribution is -2.41. The van der Waals surface area contributed by atoms with Crippen LogP contribution in [0.3, 0.4) is 0 Å². The maximum atomic E-state index is 13.3. The Morgan fingerprint density at radius 3 is 2.48 bits per heavy atom. The Balaban J connectivity index is 1.81. The molecule has 0 fully saturated rings. The van der Waals surface area contributed by atoms with Gasteiger partial charge in [0.2, 0.25) is 0 Å². The fourth-order valence-corrected chi connectivity index (χ4v) is 3.17. The summed E-state index contributed by atoms with van der Waals surface area (Å²) in [6.07, 6.45) is 8.71. The second-order valence-electron chi connectivity index (χ2n) is 8.76. The van der Waals surface area contributed by atoms with Crippen LogP contribution < -0.4 is 5.32 Å². The van der Waals surface area contributed by atoms with Crippen LogP contribution in [0.25, 0.3) is 22.3 Å². The zero-order valence-electron chi connectivity index (χ0n) is 18.2. The fraction of sp³-hybridized carbons (Fsp3) is 0.292. The van der Waals surface area contributed by atoms with E-state index in [1.807, 2.05) is 37.3 Å². The molecule has 0 spiro atoms. The number of fused-ring (bicyclic) bond motifs is 1. The van der Waals surface area contributed by atoms with Gasteiger partial charge in [-0.15, -0.1) is 0 Å². The minimum Gasteiger partial charge on any atom is -0.349 e. The number of hydrogen-bond acceptors (Lipinski definition) is 5. The zero-order chi connectivity index (χ0) is 22.0. The highest BCUT2D eigenvalue weighted by Gasteiger charge is 2.24. The summed E-state index contributed by atoms with van der Waals surface area (Å²) in [5.74, 6) is -0.138. The predicted molar refractivity (Wildman–Crippen MR) is 120 cm³/mol. The molecule has 0 aliphatic carbocycles. The van der Waals surface area contributed by atoms with E-state index >= 15 is 0 Å². The standard InChI is InChI=1S/C24H26N6O/c1-16(24(2,3)4)28-23(31)19-11-21(18-8-6-10-26-13-18)29-22-20(19)14-27-30(22)15-17-7-5-9-25-12-17/h5-14,16H,15H2,1-4H3,(H,28,31)/t16-/m0/s1. The van der Waals surface area contributed by atoms with Gasteiger partial charge in [-0.25, -0.2) is 9.67 Å². The summed E-state index contributed by atoms with van der Waals surface area (Å²) < 4.78 is 1.80. The number of aromatic nitrogens is 5. The van der Waals surface area contributed by atoms with Gasteiger partial charge in [0.25, 0.3) is 5.91 Å². The van der Waals surface area contributed by atoms with Gasteiger partial charge in [0.1, 0.15) is 0 Å². The van der Waals surface area contributed by atoms with E-state index in [-0.39, 0.29) is 17.4 Å². The summed E-state index contributed by atoms with van der Waals surface area (Å²) in [5.41, 5.74) is 3.68. The Labute approximate surface area is 181 Å². The number of pyridine rings is 3. The second kappa shape index (κ2) is 8.26. The molecule has 0 bridgehead atoms. The Morgan fingerprint density at radius 1 is 1.10 bits per heavy atom. The predicted octanol–water partition coefficient (Wildman–Crippen LogP) is 4.10. The maximum absolute atomic E-state index is 13.3. The molecule has 1 N–H and O–H groups in total. The molecule has 0 radical (unpaired) electrons. The first-order valence-corrected chi connectivity index (χ1v) is 10.3. The molecular weight excluding hydrogens is 388 g/mol. The van der Waals surface area contributed by atoms with Crippen LogP contribution in [0.4, 0.5) is 0 Å². The van der Waals surface area contributed by atoms with Crippen LogP contribution in [-0.2, 0) is 6.54 Å². The van der Waals surface area contributed by atoms with E-state index in [2.05, 4.69) is 41.2 Å². The summed E-state index contributed by atoms with van der Waals surface area (Å²) >= 11 is 0. The molecular formula is C24H26N6O. The number of nitrogens with one attached hydrogen (secondary N) is 1. The van der Waals surface area contributed by atoms with Crippen LogP contribution in [0.1, 0.15) is 43.6 Å². The van der Waals surface area contributed by atoms with Crippen molar-refractivity contribution in [3.05, 3.63) is 72.4 Å². The molecule has 0 aliphatic heterocycles. The van der Waals surface area contributed by atoms with Gasteiger partial charge < -0.3 is 5.32 Å². The molecule has 0 aromatic carbocycles. The van der Waals surface area contributed by atoms with Gasteiger partial charge in [-0.1, -0.05) is 26.8 Å². The van der Waals surface area contributed by atoms with Crippen LogP contribution in [0.15, 0.2) is 61.3 Å². The van der Waals surface area contributed by atoms with Gasteiger partial charge in [-0.2, -0.15) is 5.10 Å². The second-order valence-corrected chi connectivity index (χ2v) is 8.76. The smallest absolute Gasteiger partial charge is 0.252 e. The Bertz CT molecular complexity index is 1200. The van der Waals surface area contributed by atoms with Gasteiger partial charge in [-0.05, 0) is 42.2 Å². The minimum atomic E-state index is -0.138. The molecule has 1 amide bonds. The number of hydrogen-bond donors (Lipinski definition) is 1. The lowest BCUT2D eigenvalue weighted by Gasteiger charge is -2.28. The molecule has 0 saturated carbocycles. The summed E-state index contributed by atoms with van der Waals surface area (Å²) in [6, 6.07) is 9.49. The van der Waals surface area contributed by atoms with E-state index in [4.69, 9.17) is 4.98 Å². The van der Waals surface area contributed by atoms with Crippen molar-refractivity contribution >= 4 is 16.9 Å². The average molecular weight is 415 g/mol. The highest BCUT2D eigenvalue weighted by Crippen LogP contribution is 2.26. The molecule has 1 atom stereocenters. The SMILES string of the molecule is C[C@H](NC(=O)c1cc(-c2cccnc2)nc2c1cnn2Cc1cccnc1)C(C)(C)C. The summed E-state index contributed by atoms with van der Waals surface area (Å²) in [6.45, 7) is 8.84. The first-order chi connectivity index (χ1) is 14.8. The highest BCUT2D eigenvalue weighted by atomic mass is 16.1. The van der Waals surface area contributed by atoms with Crippen molar-refractivity contribution < 1.29 is 4.79 Å². The molecule has 158 valence electrons. The topological polar surface area (TPSA) is 85.6 Å². The lowest BCUT2D eigenvalue weighted by atomic mass is 9.88. The molecule has 4 rings (SSSR count). The Hall–Kier alpha value is -3.61. The van der Waals surface area contributed by atoms with Gasteiger partial charge >= 0.3 is 0 Å². The minimum absolute atomic E-state index is 0.00417. The van der Waals surface area contributed by atoms with E-state index < -0.39 is 0 Å². The Morgan fingerprint density at radius 2 is 1.84 bits per heavy atom. The molecule has 0 unspecified atom stereocenters. The molecule has 7 nitrogen and oxygen atoms in total. The lowest BCUT2D eigenvalue weighted by molar-refractivity contribution is 0.0912. The molecule has 0 saturated heterocycles. The third-order valence-corrected chi connectivity index (χ3v) is 5.51. The van der Waals surface area contributed by atoms with Gasteiger partial charge in [-0.3, -0.25) is 14.8 Å². The number of nitrogens with zero attached hydrogens (tertiary/aromatic N) is 5. The largest absolute Gasteiger partial charge is 0.349 e. The van der Waals surface area contributed by atoms with E-state index in [0.717, 1.165) is 16.5 Å². The number of rotatable bonds is 5. The van der Waals surface area contributed by atoms with Crippen LogP contribution in [0.5, 0.6) is 0 Å². The van der Waals surface area contributed by atoms with E-state index in [1.165, 1.54) is 0 Å². The van der Waals surface area contributed by atoms with Crippen molar-refractivity contribution in [3.8, 4) is 11.3 Å². The van der Waals surface area contributed by atoms with Gasteiger partial charge in [0.15, 0.2) is 5.65 Å². The summed E-state index contributed by atoms with van der Waals surface area (Å²) in [7, 11) is 0. The first kappa shape index (κ1) is 20.7. The highest BCUT2D eigenvalue weighted by molar-refractivity contribution is 6.06. The number of amides is 1. The Kier molecular flexibility index (Phi) is 5.50. The van der Waals surface area contributed by atoms with Crippen LogP contribution in [0, 0.1) is 5.41 Å². The fourth-order valence-electron chi connectivity index (χ4n) is 3.17. The van der Waals surface area contributed by atoms with E-state index in [1.54, 1.807) is 35.7 Å². The third kappa shape index (κ3) is 4.45. The van der Waals surface area contributed by atoms with Crippen molar-refractivity contribution in [2.24, 2.45) is 5.41 Å².